The molecular weight excluding hydrogens is 302 g/mol. The highest BCUT2D eigenvalue weighted by molar-refractivity contribution is 7.80. The van der Waals surface area contributed by atoms with Gasteiger partial charge in [0.15, 0.2) is 0 Å². The number of aliphatic carboxylic acids is 2. The first-order valence-corrected chi connectivity index (χ1v) is 6.79. The van der Waals surface area contributed by atoms with Crippen LogP contribution >= 0.6 is 12.6 Å². The summed E-state index contributed by atoms with van der Waals surface area (Å²) in [5.74, 6) is -3.32. The van der Waals surface area contributed by atoms with Gasteiger partial charge >= 0.3 is 11.9 Å². The molecule has 0 fully saturated rings. The fourth-order valence-electron chi connectivity index (χ4n) is 1.29. The van der Waals surface area contributed by atoms with E-state index in [2.05, 4.69) is 23.3 Å². The lowest BCUT2D eigenvalue weighted by Crippen LogP contribution is -2.48. The van der Waals surface area contributed by atoms with Crippen molar-refractivity contribution >= 4 is 36.4 Å². The number of carboxylic acid groups (broad SMARTS) is 2. The van der Waals surface area contributed by atoms with Crippen LogP contribution in [0, 0.1) is 0 Å². The molecule has 21 heavy (non-hydrogen) atoms. The molecule has 120 valence electrons. The van der Waals surface area contributed by atoms with E-state index < -0.39 is 35.8 Å². The van der Waals surface area contributed by atoms with E-state index in [1.54, 1.807) is 0 Å². The van der Waals surface area contributed by atoms with E-state index in [-0.39, 0.29) is 31.6 Å². The summed E-state index contributed by atoms with van der Waals surface area (Å²) < 4.78 is 0. The highest BCUT2D eigenvalue weighted by Crippen LogP contribution is 1.97. The number of carbonyl (C=O) groups excluding carboxylic acids is 2. The first-order chi connectivity index (χ1) is 9.77. The zero-order valence-electron chi connectivity index (χ0n) is 11.2. The van der Waals surface area contributed by atoms with Gasteiger partial charge in [0.25, 0.3) is 0 Å². The molecule has 0 aromatic rings. The minimum Gasteiger partial charge on any atom is -0.481 e. The van der Waals surface area contributed by atoms with Crippen LogP contribution in [-0.2, 0) is 19.2 Å². The standard InChI is InChI=1S/C11H19N3O6S/c12-6(11(19)20)1-2-8(15)14-7(5-21)10(18)13-4-3-9(16)17/h6-7,21H,1-5,12H2,(H,13,18)(H,14,15)(H,16,17)(H,19,20)/t6-,7+/m1/s1. The van der Waals surface area contributed by atoms with Crippen LogP contribution in [-0.4, -0.2) is 58.3 Å². The zero-order chi connectivity index (χ0) is 16.4. The van der Waals surface area contributed by atoms with E-state index in [1.807, 2.05) is 0 Å². The van der Waals surface area contributed by atoms with Gasteiger partial charge in [-0.15, -0.1) is 0 Å². The average molecular weight is 321 g/mol. The smallest absolute Gasteiger partial charge is 0.320 e. The van der Waals surface area contributed by atoms with Gasteiger partial charge in [-0.05, 0) is 6.42 Å². The van der Waals surface area contributed by atoms with Gasteiger partial charge < -0.3 is 26.6 Å². The molecule has 0 unspecified atom stereocenters. The van der Waals surface area contributed by atoms with Crippen molar-refractivity contribution in [1.82, 2.24) is 10.6 Å². The Morgan fingerprint density at radius 3 is 2.24 bits per heavy atom. The van der Waals surface area contributed by atoms with Crippen LogP contribution in [0.5, 0.6) is 0 Å². The number of nitrogens with two attached hydrogens (primary N) is 1. The van der Waals surface area contributed by atoms with Crippen molar-refractivity contribution in [1.29, 1.82) is 0 Å². The molecule has 0 saturated heterocycles. The maximum Gasteiger partial charge on any atom is 0.320 e. The van der Waals surface area contributed by atoms with Crippen molar-refractivity contribution in [3.05, 3.63) is 0 Å². The number of carbonyl (C=O) groups is 4. The Morgan fingerprint density at radius 1 is 1.14 bits per heavy atom. The Hall–Kier alpha value is -1.81. The molecule has 6 N–H and O–H groups in total. The van der Waals surface area contributed by atoms with Crippen molar-refractivity contribution in [2.45, 2.75) is 31.3 Å². The second kappa shape index (κ2) is 10.00. The molecule has 0 radical (unpaired) electrons. The molecule has 0 aliphatic rings. The monoisotopic (exact) mass is 321 g/mol. The van der Waals surface area contributed by atoms with Crippen LogP contribution < -0.4 is 16.4 Å². The van der Waals surface area contributed by atoms with E-state index in [9.17, 15) is 19.2 Å². The van der Waals surface area contributed by atoms with Gasteiger partial charge in [-0.25, -0.2) is 0 Å². The summed E-state index contributed by atoms with van der Waals surface area (Å²) in [5, 5.41) is 21.7. The maximum atomic E-state index is 11.7. The third kappa shape index (κ3) is 8.87. The molecule has 2 amide bonds. The number of hydrogen-bond donors (Lipinski definition) is 6. The SMILES string of the molecule is N[C@H](CCC(=O)N[C@@H](CS)C(=O)NCCC(=O)O)C(=O)O. The van der Waals surface area contributed by atoms with Gasteiger partial charge in [-0.2, -0.15) is 12.6 Å². The van der Waals surface area contributed by atoms with E-state index in [1.165, 1.54) is 0 Å². The van der Waals surface area contributed by atoms with E-state index >= 15 is 0 Å². The lowest BCUT2D eigenvalue weighted by Gasteiger charge is -2.16. The topological polar surface area (TPSA) is 159 Å². The molecule has 0 saturated carbocycles. The quantitative estimate of drug-likeness (QED) is 0.258. The molecule has 10 heteroatoms. The van der Waals surface area contributed by atoms with Gasteiger partial charge in [-0.1, -0.05) is 0 Å². The highest BCUT2D eigenvalue weighted by Gasteiger charge is 2.20. The molecule has 9 nitrogen and oxygen atoms in total. The van der Waals surface area contributed by atoms with Gasteiger partial charge in [0.05, 0.1) is 6.42 Å². The summed E-state index contributed by atoms with van der Waals surface area (Å²) in [5.41, 5.74) is 5.25. The average Bonchev–Trinajstić information content (AvgIpc) is 2.41. The Balaban J connectivity index is 4.17. The second-order valence-electron chi connectivity index (χ2n) is 4.22. The van der Waals surface area contributed by atoms with E-state index in [0.717, 1.165) is 0 Å². The van der Waals surface area contributed by atoms with E-state index in [0.29, 0.717) is 0 Å². The lowest BCUT2D eigenvalue weighted by molar-refractivity contribution is -0.139. The molecule has 0 aromatic heterocycles. The highest BCUT2D eigenvalue weighted by atomic mass is 32.1. The van der Waals surface area contributed by atoms with Crippen molar-refractivity contribution < 1.29 is 29.4 Å². The third-order valence-corrected chi connectivity index (χ3v) is 2.84. The third-order valence-electron chi connectivity index (χ3n) is 2.47. The fraction of sp³-hybridized carbons (Fsp3) is 0.636. The second-order valence-corrected chi connectivity index (χ2v) is 4.59. The molecule has 0 bridgehead atoms. The van der Waals surface area contributed by atoms with Crippen LogP contribution in [0.3, 0.4) is 0 Å². The lowest BCUT2D eigenvalue weighted by atomic mass is 10.1. The largest absolute Gasteiger partial charge is 0.481 e. The van der Waals surface area contributed by atoms with Crippen LogP contribution in [0.15, 0.2) is 0 Å². The number of thiol groups is 1. The van der Waals surface area contributed by atoms with Gasteiger partial charge in [0.1, 0.15) is 12.1 Å². The fourth-order valence-corrected chi connectivity index (χ4v) is 1.54. The van der Waals surface area contributed by atoms with Crippen LogP contribution in [0.2, 0.25) is 0 Å². The van der Waals surface area contributed by atoms with E-state index in [4.69, 9.17) is 15.9 Å². The number of amides is 2. The molecule has 0 aromatic carbocycles. The van der Waals surface area contributed by atoms with Gasteiger partial charge in [0.2, 0.25) is 11.8 Å². The molecular formula is C11H19N3O6S. The maximum absolute atomic E-state index is 11.7. The molecule has 0 spiro atoms. The molecule has 0 aliphatic carbocycles. The summed E-state index contributed by atoms with van der Waals surface area (Å²) in [7, 11) is 0. The summed E-state index contributed by atoms with van der Waals surface area (Å²) in [6.07, 6.45) is -0.423. The summed E-state index contributed by atoms with van der Waals surface area (Å²) in [4.78, 5) is 44.0. The number of rotatable bonds is 10. The van der Waals surface area contributed by atoms with Crippen LogP contribution in [0.1, 0.15) is 19.3 Å². The predicted molar refractivity (Wildman–Crippen MR) is 75.9 cm³/mol. The normalized spacial score (nSPS) is 13.0. The number of carboxylic acids is 2. The Kier molecular flexibility index (Phi) is 9.13. The number of nitrogens with one attached hydrogen (secondary N) is 2. The van der Waals surface area contributed by atoms with Gasteiger partial charge in [0, 0.05) is 18.7 Å². The molecule has 0 rings (SSSR count). The van der Waals surface area contributed by atoms with Crippen LogP contribution in [0.25, 0.3) is 0 Å². The molecule has 2 atom stereocenters. The number of hydrogen-bond acceptors (Lipinski definition) is 6. The first-order valence-electron chi connectivity index (χ1n) is 6.16. The summed E-state index contributed by atoms with van der Waals surface area (Å²) >= 11 is 3.92. The van der Waals surface area contributed by atoms with Crippen molar-refractivity contribution in [2.24, 2.45) is 5.73 Å². The van der Waals surface area contributed by atoms with Crippen molar-refractivity contribution in [3.8, 4) is 0 Å². The van der Waals surface area contributed by atoms with Crippen molar-refractivity contribution in [2.75, 3.05) is 12.3 Å². The first kappa shape index (κ1) is 19.2. The summed E-state index contributed by atoms with van der Waals surface area (Å²) in [6, 6.07) is -2.06. The Morgan fingerprint density at radius 2 is 1.76 bits per heavy atom. The van der Waals surface area contributed by atoms with Crippen molar-refractivity contribution in [3.63, 3.8) is 0 Å². The van der Waals surface area contributed by atoms with Gasteiger partial charge in [-0.3, -0.25) is 19.2 Å². The Labute approximate surface area is 126 Å². The minimum atomic E-state index is -1.21. The summed E-state index contributed by atoms with van der Waals surface area (Å²) in [6.45, 7) is -0.0573. The zero-order valence-corrected chi connectivity index (χ0v) is 12.1. The predicted octanol–water partition coefficient (Wildman–Crippen LogP) is -1.82. The minimum absolute atomic E-state index is 0.0234. The Bertz CT molecular complexity index is 403. The molecule has 0 heterocycles. The molecule has 0 aliphatic heterocycles. The van der Waals surface area contributed by atoms with Crippen LogP contribution in [0.4, 0.5) is 0 Å².